The van der Waals surface area contributed by atoms with E-state index in [0.29, 0.717) is 10.5 Å². The van der Waals surface area contributed by atoms with Gasteiger partial charge in [0.15, 0.2) is 6.04 Å². The van der Waals surface area contributed by atoms with E-state index in [0.717, 1.165) is 10.6 Å². The van der Waals surface area contributed by atoms with Gasteiger partial charge in [0.05, 0.1) is 28.7 Å². The molecule has 11 heteroatoms. The lowest BCUT2D eigenvalue weighted by Gasteiger charge is -2.26. The Morgan fingerprint density at radius 3 is 2.48 bits per heavy atom. The van der Waals surface area contributed by atoms with Crippen LogP contribution in [-0.2, 0) is 4.79 Å². The molecule has 2 amide bonds. The van der Waals surface area contributed by atoms with Crippen molar-refractivity contribution in [3.05, 3.63) is 41.0 Å². The third-order valence-corrected chi connectivity index (χ3v) is 5.67. The van der Waals surface area contributed by atoms with Crippen molar-refractivity contribution in [3.8, 4) is 10.4 Å². The molecule has 1 fully saturated rings. The summed E-state index contributed by atoms with van der Waals surface area (Å²) in [4.78, 5) is 29.2. The average Bonchev–Trinajstić information content (AvgIpc) is 3.24. The standard InChI is InChI=1S/C18H18F3N3O4S/c1-9-14(29-8-22-9)10-2-4-11(5-3-10)15(18(19,20)21)23-16(26)13-6-12(25)7-24(13)17(27)28/h2-5,8,12-13,15,25H,6-7H2,1H3,(H,23,26)(H,27,28)/t12-,13+,15?/m1/s1. The lowest BCUT2D eigenvalue weighted by atomic mass is 10.0. The molecule has 1 saturated heterocycles. The Labute approximate surface area is 167 Å². The zero-order chi connectivity index (χ0) is 21.3. The number of carbonyl (C=O) groups is 2. The molecule has 1 aromatic carbocycles. The van der Waals surface area contributed by atoms with Crippen LogP contribution in [0.1, 0.15) is 23.7 Å². The monoisotopic (exact) mass is 429 g/mol. The lowest BCUT2D eigenvalue weighted by Crippen LogP contribution is -2.48. The zero-order valence-corrected chi connectivity index (χ0v) is 16.0. The van der Waals surface area contributed by atoms with Crippen molar-refractivity contribution in [2.45, 2.75) is 37.7 Å². The topological polar surface area (TPSA) is 103 Å². The smallest absolute Gasteiger partial charge is 0.412 e. The van der Waals surface area contributed by atoms with Gasteiger partial charge in [0.25, 0.3) is 0 Å². The lowest BCUT2D eigenvalue weighted by molar-refractivity contribution is -0.164. The number of aliphatic hydroxyl groups is 1. The molecule has 2 heterocycles. The molecule has 1 aliphatic heterocycles. The number of aliphatic hydroxyl groups excluding tert-OH is 1. The minimum atomic E-state index is -4.79. The summed E-state index contributed by atoms with van der Waals surface area (Å²) in [7, 11) is 0. The molecule has 2 aromatic rings. The quantitative estimate of drug-likeness (QED) is 0.694. The fourth-order valence-corrected chi connectivity index (χ4v) is 4.08. The summed E-state index contributed by atoms with van der Waals surface area (Å²) in [5, 5.41) is 20.6. The third kappa shape index (κ3) is 4.51. The van der Waals surface area contributed by atoms with Gasteiger partial charge in [0.1, 0.15) is 6.04 Å². The molecule has 3 atom stereocenters. The Hall–Kier alpha value is -2.66. The molecule has 0 bridgehead atoms. The highest BCUT2D eigenvalue weighted by atomic mass is 32.1. The van der Waals surface area contributed by atoms with Crippen molar-refractivity contribution in [3.63, 3.8) is 0 Å². The number of carbonyl (C=O) groups excluding carboxylic acids is 1. The van der Waals surface area contributed by atoms with E-state index in [1.165, 1.54) is 35.6 Å². The number of halogens is 3. The second kappa shape index (κ2) is 7.99. The highest BCUT2D eigenvalue weighted by Crippen LogP contribution is 2.35. The molecule has 0 saturated carbocycles. The first-order chi connectivity index (χ1) is 13.6. The van der Waals surface area contributed by atoms with Gasteiger partial charge in [0, 0.05) is 6.42 Å². The Balaban J connectivity index is 1.83. The van der Waals surface area contributed by atoms with E-state index in [2.05, 4.69) is 4.98 Å². The predicted molar refractivity (Wildman–Crippen MR) is 98.4 cm³/mol. The van der Waals surface area contributed by atoms with E-state index in [1.807, 2.05) is 5.32 Å². The van der Waals surface area contributed by atoms with Crippen LogP contribution in [0.4, 0.5) is 18.0 Å². The second-order valence-corrected chi connectivity index (χ2v) is 7.57. The molecule has 29 heavy (non-hydrogen) atoms. The van der Waals surface area contributed by atoms with Crippen LogP contribution in [0.25, 0.3) is 10.4 Å². The molecule has 0 spiro atoms. The van der Waals surface area contributed by atoms with Crippen molar-refractivity contribution in [1.82, 2.24) is 15.2 Å². The average molecular weight is 429 g/mol. The summed E-state index contributed by atoms with van der Waals surface area (Å²) >= 11 is 1.37. The normalized spacial score (nSPS) is 20.5. The number of thiazole rings is 1. The van der Waals surface area contributed by atoms with Gasteiger partial charge >= 0.3 is 12.3 Å². The maximum absolute atomic E-state index is 13.6. The number of aryl methyl sites for hydroxylation is 1. The van der Waals surface area contributed by atoms with E-state index in [9.17, 15) is 27.9 Å². The van der Waals surface area contributed by atoms with Gasteiger partial charge in [-0.3, -0.25) is 9.69 Å². The highest BCUT2D eigenvalue weighted by molar-refractivity contribution is 7.13. The Bertz CT molecular complexity index is 901. The van der Waals surface area contributed by atoms with E-state index in [-0.39, 0.29) is 18.5 Å². The van der Waals surface area contributed by atoms with Crippen molar-refractivity contribution in [2.75, 3.05) is 6.54 Å². The molecule has 1 aromatic heterocycles. The van der Waals surface area contributed by atoms with Crippen LogP contribution in [0.5, 0.6) is 0 Å². The van der Waals surface area contributed by atoms with Crippen molar-refractivity contribution < 1.29 is 33.0 Å². The van der Waals surface area contributed by atoms with Gasteiger partial charge in [-0.2, -0.15) is 13.2 Å². The number of benzene rings is 1. The van der Waals surface area contributed by atoms with E-state index in [1.54, 1.807) is 12.4 Å². The highest BCUT2D eigenvalue weighted by Gasteiger charge is 2.45. The number of rotatable bonds is 4. The van der Waals surface area contributed by atoms with Gasteiger partial charge in [0.2, 0.25) is 5.91 Å². The first kappa shape index (κ1) is 21.1. The minimum Gasteiger partial charge on any atom is -0.465 e. The summed E-state index contributed by atoms with van der Waals surface area (Å²) in [6.07, 6.45) is -7.63. The summed E-state index contributed by atoms with van der Waals surface area (Å²) < 4.78 is 40.9. The number of alkyl halides is 3. The molecule has 0 aliphatic carbocycles. The first-order valence-corrected chi connectivity index (χ1v) is 9.51. The number of β-amino-alcohol motifs (C(OH)–C–C–N with tert-alkyl or cyclic N) is 1. The molecular formula is C18H18F3N3O4S. The molecule has 0 radical (unpaired) electrons. The van der Waals surface area contributed by atoms with Crippen molar-refractivity contribution >= 4 is 23.3 Å². The van der Waals surface area contributed by atoms with Crippen LogP contribution in [0.2, 0.25) is 0 Å². The molecule has 156 valence electrons. The summed E-state index contributed by atoms with van der Waals surface area (Å²) in [5.74, 6) is -1.10. The molecule has 3 N–H and O–H groups in total. The Morgan fingerprint density at radius 1 is 1.31 bits per heavy atom. The van der Waals surface area contributed by atoms with Gasteiger partial charge < -0.3 is 15.5 Å². The van der Waals surface area contributed by atoms with Gasteiger partial charge in [-0.05, 0) is 18.1 Å². The number of nitrogens with one attached hydrogen (secondary N) is 1. The molecule has 1 unspecified atom stereocenters. The minimum absolute atomic E-state index is 0.183. The van der Waals surface area contributed by atoms with Crippen LogP contribution in [0.3, 0.4) is 0 Å². The molecular weight excluding hydrogens is 411 g/mol. The van der Waals surface area contributed by atoms with Crippen LogP contribution in [0.15, 0.2) is 29.8 Å². The van der Waals surface area contributed by atoms with E-state index < -0.39 is 36.4 Å². The zero-order valence-electron chi connectivity index (χ0n) is 15.2. The van der Waals surface area contributed by atoms with Gasteiger partial charge in [-0.1, -0.05) is 24.3 Å². The van der Waals surface area contributed by atoms with E-state index >= 15 is 0 Å². The number of amides is 2. The van der Waals surface area contributed by atoms with Gasteiger partial charge in [-0.25, -0.2) is 9.78 Å². The number of likely N-dealkylation sites (tertiary alicyclic amines) is 1. The summed E-state index contributed by atoms with van der Waals surface area (Å²) in [6.45, 7) is 1.47. The van der Waals surface area contributed by atoms with Crippen LogP contribution in [-0.4, -0.2) is 57.0 Å². The summed E-state index contributed by atoms with van der Waals surface area (Å²) in [6, 6.07) is 1.88. The fraction of sp³-hybridized carbons (Fsp3) is 0.389. The third-order valence-electron chi connectivity index (χ3n) is 4.69. The van der Waals surface area contributed by atoms with Gasteiger partial charge in [-0.15, -0.1) is 11.3 Å². The van der Waals surface area contributed by atoms with Crippen LogP contribution in [0, 0.1) is 6.92 Å². The first-order valence-electron chi connectivity index (χ1n) is 8.63. The number of carboxylic acid groups (broad SMARTS) is 1. The van der Waals surface area contributed by atoms with Crippen molar-refractivity contribution in [2.24, 2.45) is 0 Å². The molecule has 3 rings (SSSR count). The maximum Gasteiger partial charge on any atom is 0.412 e. The van der Waals surface area contributed by atoms with Crippen LogP contribution >= 0.6 is 11.3 Å². The Kier molecular flexibility index (Phi) is 5.80. The van der Waals surface area contributed by atoms with Crippen LogP contribution < -0.4 is 5.32 Å². The van der Waals surface area contributed by atoms with Crippen molar-refractivity contribution in [1.29, 1.82) is 0 Å². The predicted octanol–water partition coefficient (Wildman–Crippen LogP) is 2.95. The summed E-state index contributed by atoms with van der Waals surface area (Å²) in [5.41, 5.74) is 2.92. The number of hydrogen-bond acceptors (Lipinski definition) is 5. The maximum atomic E-state index is 13.6. The Morgan fingerprint density at radius 2 is 1.97 bits per heavy atom. The number of nitrogens with zero attached hydrogens (tertiary/aromatic N) is 2. The molecule has 7 nitrogen and oxygen atoms in total. The number of hydrogen-bond donors (Lipinski definition) is 3. The molecule has 1 aliphatic rings. The second-order valence-electron chi connectivity index (χ2n) is 6.71. The largest absolute Gasteiger partial charge is 0.465 e. The fourth-order valence-electron chi connectivity index (χ4n) is 3.27. The van der Waals surface area contributed by atoms with E-state index in [4.69, 9.17) is 5.11 Å². The SMILES string of the molecule is Cc1ncsc1-c1ccc(C(NC(=O)[C@@H]2C[C@@H](O)CN2C(=O)O)C(F)(F)F)cc1. The number of aromatic nitrogens is 1.